The zero-order chi connectivity index (χ0) is 27.6. The van der Waals surface area contributed by atoms with E-state index in [2.05, 4.69) is 0 Å². The number of methoxy groups -OCH3 is 2. The second-order valence-corrected chi connectivity index (χ2v) is 9.18. The van der Waals surface area contributed by atoms with Gasteiger partial charge in [0.05, 0.1) is 43.0 Å². The van der Waals surface area contributed by atoms with Crippen molar-refractivity contribution >= 4 is 40.4 Å². The van der Waals surface area contributed by atoms with Crippen molar-refractivity contribution in [3.8, 4) is 17.2 Å². The number of ether oxygens (including phenoxy) is 3. The van der Waals surface area contributed by atoms with E-state index in [9.17, 15) is 14.7 Å². The normalized spacial score (nSPS) is 16.5. The van der Waals surface area contributed by atoms with Crippen LogP contribution >= 0.6 is 11.6 Å². The largest absolute Gasteiger partial charge is 0.507 e. The molecule has 38 heavy (non-hydrogen) atoms. The van der Waals surface area contributed by atoms with E-state index in [1.165, 1.54) is 31.3 Å². The Kier molecular flexibility index (Phi) is 7.83. The summed E-state index contributed by atoms with van der Waals surface area (Å²) in [7, 11) is 6.72. The summed E-state index contributed by atoms with van der Waals surface area (Å²) < 4.78 is 16.2. The molecule has 4 rings (SSSR count). The molecule has 0 aliphatic carbocycles. The second kappa shape index (κ2) is 11.1. The van der Waals surface area contributed by atoms with Gasteiger partial charge in [-0.15, -0.1) is 0 Å². The van der Waals surface area contributed by atoms with Crippen LogP contribution in [-0.4, -0.2) is 51.7 Å². The fourth-order valence-corrected chi connectivity index (χ4v) is 4.67. The first-order valence-electron chi connectivity index (χ1n) is 11.9. The maximum absolute atomic E-state index is 13.5. The number of halogens is 1. The van der Waals surface area contributed by atoms with Crippen LogP contribution in [0.15, 0.2) is 66.2 Å². The van der Waals surface area contributed by atoms with Gasteiger partial charge in [0, 0.05) is 31.5 Å². The lowest BCUT2D eigenvalue weighted by Gasteiger charge is -2.26. The Bertz CT molecular complexity index is 1380. The Balaban J connectivity index is 1.94. The summed E-state index contributed by atoms with van der Waals surface area (Å²) in [6.45, 7) is 2.37. The number of rotatable bonds is 8. The lowest BCUT2D eigenvalue weighted by atomic mass is 9.94. The van der Waals surface area contributed by atoms with Gasteiger partial charge in [0.25, 0.3) is 11.7 Å². The van der Waals surface area contributed by atoms with E-state index in [-0.39, 0.29) is 21.9 Å². The maximum Gasteiger partial charge on any atom is 0.300 e. The van der Waals surface area contributed by atoms with Crippen molar-refractivity contribution in [2.45, 2.75) is 13.0 Å². The van der Waals surface area contributed by atoms with Crippen molar-refractivity contribution in [2.24, 2.45) is 0 Å². The number of benzene rings is 3. The van der Waals surface area contributed by atoms with Crippen LogP contribution in [0.5, 0.6) is 17.2 Å². The van der Waals surface area contributed by atoms with Gasteiger partial charge in [0.15, 0.2) is 0 Å². The third kappa shape index (κ3) is 4.87. The minimum absolute atomic E-state index is 0.0824. The van der Waals surface area contributed by atoms with E-state index in [0.717, 1.165) is 5.69 Å². The first-order valence-corrected chi connectivity index (χ1v) is 12.3. The van der Waals surface area contributed by atoms with Crippen LogP contribution in [0.25, 0.3) is 5.76 Å². The summed E-state index contributed by atoms with van der Waals surface area (Å²) in [5.41, 5.74) is 2.15. The molecule has 1 amide bonds. The highest BCUT2D eigenvalue weighted by atomic mass is 35.5. The van der Waals surface area contributed by atoms with Crippen LogP contribution in [0.2, 0.25) is 5.02 Å². The average Bonchev–Trinajstić information content (AvgIpc) is 3.18. The Morgan fingerprint density at radius 1 is 0.974 bits per heavy atom. The molecule has 1 saturated heterocycles. The van der Waals surface area contributed by atoms with Gasteiger partial charge in [0.1, 0.15) is 23.0 Å². The molecule has 1 fully saturated rings. The molecule has 3 aromatic carbocycles. The van der Waals surface area contributed by atoms with Gasteiger partial charge in [-0.25, -0.2) is 0 Å². The van der Waals surface area contributed by atoms with E-state index < -0.39 is 23.5 Å². The summed E-state index contributed by atoms with van der Waals surface area (Å²) in [4.78, 5) is 30.3. The lowest BCUT2D eigenvalue weighted by molar-refractivity contribution is -0.132. The van der Waals surface area contributed by atoms with E-state index in [1.54, 1.807) is 24.3 Å². The van der Waals surface area contributed by atoms with E-state index in [0.29, 0.717) is 29.4 Å². The van der Waals surface area contributed by atoms with Crippen LogP contribution in [0.3, 0.4) is 0 Å². The van der Waals surface area contributed by atoms with Crippen molar-refractivity contribution in [1.29, 1.82) is 0 Å². The van der Waals surface area contributed by atoms with Crippen molar-refractivity contribution < 1.29 is 28.9 Å². The van der Waals surface area contributed by atoms with E-state index in [1.807, 2.05) is 50.2 Å². The van der Waals surface area contributed by atoms with Gasteiger partial charge >= 0.3 is 0 Å². The molecular formula is C29H29ClN2O6. The molecule has 198 valence electrons. The Hall–Kier alpha value is -4.17. The zero-order valence-corrected chi connectivity index (χ0v) is 22.6. The van der Waals surface area contributed by atoms with Crippen molar-refractivity contribution in [3.05, 3.63) is 82.4 Å². The second-order valence-electron chi connectivity index (χ2n) is 8.77. The SMILES string of the molecule is CCOc1ccc(N2C(=O)C(=O)/C(=C(/O)c3cc(Cl)c(OC)cc3OC)C2c2ccc(N(C)C)cc2)cc1. The molecular weight excluding hydrogens is 508 g/mol. The quantitative estimate of drug-likeness (QED) is 0.233. The third-order valence-corrected chi connectivity index (χ3v) is 6.62. The topological polar surface area (TPSA) is 88.5 Å². The number of Topliss-reactive ketones (excluding diaryl/α,β-unsaturated/α-hetero) is 1. The van der Waals surface area contributed by atoms with Crippen LogP contribution in [0, 0.1) is 0 Å². The standard InChI is InChI=1S/C29H29ClN2O6/c1-6-38-20-13-11-19(12-14-20)32-26(17-7-9-18(10-8-17)31(2)3)25(28(34)29(32)35)27(33)21-15-22(30)24(37-5)16-23(21)36-4/h7-16,26,33H,6H2,1-5H3/b27-25+. The van der Waals surface area contributed by atoms with E-state index in [4.69, 9.17) is 25.8 Å². The first kappa shape index (κ1) is 26.9. The van der Waals surface area contributed by atoms with Gasteiger partial charge in [-0.1, -0.05) is 23.7 Å². The highest BCUT2D eigenvalue weighted by Crippen LogP contribution is 2.45. The van der Waals surface area contributed by atoms with Crippen LogP contribution < -0.4 is 24.0 Å². The zero-order valence-electron chi connectivity index (χ0n) is 21.8. The fraction of sp³-hybridized carbons (Fsp3) is 0.241. The number of hydrogen-bond acceptors (Lipinski definition) is 7. The number of ketones is 1. The molecule has 3 aromatic rings. The Morgan fingerprint density at radius 3 is 2.16 bits per heavy atom. The minimum atomic E-state index is -0.908. The molecule has 1 aliphatic rings. The number of hydrogen-bond donors (Lipinski definition) is 1. The molecule has 0 saturated carbocycles. The third-order valence-electron chi connectivity index (χ3n) is 6.32. The van der Waals surface area contributed by atoms with Gasteiger partial charge < -0.3 is 24.2 Å². The van der Waals surface area contributed by atoms with E-state index >= 15 is 0 Å². The monoisotopic (exact) mass is 536 g/mol. The highest BCUT2D eigenvalue weighted by molar-refractivity contribution is 6.51. The van der Waals surface area contributed by atoms with Crippen molar-refractivity contribution in [1.82, 2.24) is 0 Å². The number of carbonyl (C=O) groups is 2. The molecule has 8 nitrogen and oxygen atoms in total. The summed E-state index contributed by atoms with van der Waals surface area (Å²) in [5.74, 6) is -0.788. The fourth-order valence-electron chi connectivity index (χ4n) is 4.43. The molecule has 1 unspecified atom stereocenters. The molecule has 0 spiro atoms. The Morgan fingerprint density at radius 2 is 1.61 bits per heavy atom. The molecule has 0 aromatic heterocycles. The molecule has 0 radical (unpaired) electrons. The first-order chi connectivity index (χ1) is 18.2. The number of aliphatic hydroxyl groups is 1. The number of amides is 1. The minimum Gasteiger partial charge on any atom is -0.507 e. The molecule has 1 N–H and O–H groups in total. The molecule has 0 bridgehead atoms. The number of anilines is 2. The maximum atomic E-state index is 13.5. The van der Waals surface area contributed by atoms with Gasteiger partial charge in [-0.3, -0.25) is 14.5 Å². The van der Waals surface area contributed by atoms with Crippen LogP contribution in [-0.2, 0) is 9.59 Å². The lowest BCUT2D eigenvalue weighted by Crippen LogP contribution is -2.29. The number of nitrogens with zero attached hydrogens (tertiary/aromatic N) is 2. The molecule has 1 atom stereocenters. The number of aliphatic hydroxyl groups excluding tert-OH is 1. The predicted molar refractivity (Wildman–Crippen MR) is 148 cm³/mol. The number of carbonyl (C=O) groups excluding carboxylic acids is 2. The van der Waals surface area contributed by atoms with Gasteiger partial charge in [-0.2, -0.15) is 0 Å². The Labute approximate surface area is 226 Å². The van der Waals surface area contributed by atoms with Crippen LogP contribution in [0.4, 0.5) is 11.4 Å². The van der Waals surface area contributed by atoms with Crippen LogP contribution in [0.1, 0.15) is 24.1 Å². The average molecular weight is 537 g/mol. The molecule has 9 heteroatoms. The van der Waals surface area contributed by atoms with Gasteiger partial charge in [0.2, 0.25) is 0 Å². The molecule has 1 heterocycles. The summed E-state index contributed by atoms with van der Waals surface area (Å²) in [5, 5.41) is 11.7. The molecule has 1 aliphatic heterocycles. The van der Waals surface area contributed by atoms with Gasteiger partial charge in [-0.05, 0) is 55.0 Å². The summed E-state index contributed by atoms with van der Waals surface area (Å²) in [6.07, 6.45) is 0. The van der Waals surface area contributed by atoms with Crippen molar-refractivity contribution in [2.75, 3.05) is 44.7 Å². The smallest absolute Gasteiger partial charge is 0.300 e. The van der Waals surface area contributed by atoms with Crippen molar-refractivity contribution in [3.63, 3.8) is 0 Å². The predicted octanol–water partition coefficient (Wildman–Crippen LogP) is 5.45. The summed E-state index contributed by atoms with van der Waals surface area (Å²) in [6, 6.07) is 16.4. The summed E-state index contributed by atoms with van der Waals surface area (Å²) >= 11 is 6.35. The highest BCUT2D eigenvalue weighted by Gasteiger charge is 2.47.